The van der Waals surface area contributed by atoms with Crippen molar-refractivity contribution in [3.8, 4) is 0 Å². The Hall–Kier alpha value is -0.960. The first kappa shape index (κ1) is 10.6. The normalized spacial score (nSPS) is 14.9. The number of rotatable bonds is 3. The Bertz CT molecular complexity index is 343. The van der Waals surface area contributed by atoms with Crippen molar-refractivity contribution in [3.63, 3.8) is 0 Å². The van der Waals surface area contributed by atoms with E-state index in [9.17, 15) is 4.79 Å². The van der Waals surface area contributed by atoms with Gasteiger partial charge in [-0.25, -0.2) is 0 Å². The summed E-state index contributed by atoms with van der Waals surface area (Å²) in [5.41, 5.74) is 2.10. The number of likely N-dealkylation sites (tertiary alicyclic amines) is 1. The molecule has 0 aliphatic carbocycles. The first-order valence-electron chi connectivity index (χ1n) is 5.18. The Morgan fingerprint density at radius 3 is 2.47 bits per heavy atom. The van der Waals surface area contributed by atoms with Crippen LogP contribution in [0.4, 0.5) is 0 Å². The van der Waals surface area contributed by atoms with E-state index >= 15 is 0 Å². The lowest BCUT2D eigenvalue weighted by molar-refractivity contribution is 0.0652. The highest BCUT2D eigenvalue weighted by Crippen LogP contribution is 2.15. The topological polar surface area (TPSA) is 20.3 Å². The third-order valence-electron chi connectivity index (χ3n) is 2.66. The van der Waals surface area contributed by atoms with Crippen molar-refractivity contribution in [1.82, 2.24) is 4.90 Å². The van der Waals surface area contributed by atoms with E-state index in [0.717, 1.165) is 30.8 Å². The van der Waals surface area contributed by atoms with Crippen LogP contribution in [0.5, 0.6) is 0 Å². The second kappa shape index (κ2) is 4.71. The van der Waals surface area contributed by atoms with Crippen LogP contribution >= 0.6 is 11.8 Å². The summed E-state index contributed by atoms with van der Waals surface area (Å²) in [6.45, 7) is 1.84. The second-order valence-electron chi connectivity index (χ2n) is 3.78. The van der Waals surface area contributed by atoms with Crippen molar-refractivity contribution in [2.75, 3.05) is 19.3 Å². The van der Waals surface area contributed by atoms with E-state index in [2.05, 4.69) is 6.26 Å². The SMILES string of the molecule is CSCc1ccc(C(=O)N2CCC2)cc1. The number of nitrogens with zero attached hydrogens (tertiary/aromatic N) is 1. The molecule has 0 radical (unpaired) electrons. The quantitative estimate of drug-likeness (QED) is 0.781. The summed E-state index contributed by atoms with van der Waals surface area (Å²) in [5, 5.41) is 0. The van der Waals surface area contributed by atoms with E-state index in [4.69, 9.17) is 0 Å². The minimum Gasteiger partial charge on any atom is -0.339 e. The lowest BCUT2D eigenvalue weighted by Crippen LogP contribution is -2.41. The van der Waals surface area contributed by atoms with Crippen molar-refractivity contribution < 1.29 is 4.79 Å². The zero-order valence-corrected chi connectivity index (χ0v) is 9.72. The van der Waals surface area contributed by atoms with Gasteiger partial charge in [0.05, 0.1) is 0 Å². The molecule has 1 heterocycles. The molecule has 2 nitrogen and oxygen atoms in total. The number of carbonyl (C=O) groups excluding carboxylic acids is 1. The Balaban J connectivity index is 2.05. The van der Waals surface area contributed by atoms with Crippen LogP contribution < -0.4 is 0 Å². The Kier molecular flexibility index (Phi) is 3.31. The van der Waals surface area contributed by atoms with Gasteiger partial charge in [0.25, 0.3) is 5.91 Å². The zero-order valence-electron chi connectivity index (χ0n) is 8.90. The maximum absolute atomic E-state index is 11.8. The summed E-state index contributed by atoms with van der Waals surface area (Å²) in [5.74, 6) is 1.19. The molecule has 1 amide bonds. The maximum Gasteiger partial charge on any atom is 0.253 e. The molecule has 1 fully saturated rings. The Morgan fingerprint density at radius 1 is 1.33 bits per heavy atom. The highest BCUT2D eigenvalue weighted by molar-refractivity contribution is 7.97. The third-order valence-corrected chi connectivity index (χ3v) is 3.28. The van der Waals surface area contributed by atoms with Gasteiger partial charge in [-0.3, -0.25) is 4.79 Å². The Morgan fingerprint density at radius 2 is 2.00 bits per heavy atom. The molecule has 0 atom stereocenters. The van der Waals surface area contributed by atoms with E-state index in [0.29, 0.717) is 0 Å². The van der Waals surface area contributed by atoms with Crippen LogP contribution in [0.25, 0.3) is 0 Å². The van der Waals surface area contributed by atoms with Crippen LogP contribution in [0.15, 0.2) is 24.3 Å². The molecule has 80 valence electrons. The van der Waals surface area contributed by atoms with Gasteiger partial charge < -0.3 is 4.90 Å². The van der Waals surface area contributed by atoms with Crippen LogP contribution in [0, 0.1) is 0 Å². The van der Waals surface area contributed by atoms with E-state index in [-0.39, 0.29) is 5.91 Å². The lowest BCUT2D eigenvalue weighted by Gasteiger charge is -2.30. The van der Waals surface area contributed by atoms with E-state index < -0.39 is 0 Å². The van der Waals surface area contributed by atoms with Crippen LogP contribution in [0.3, 0.4) is 0 Å². The highest BCUT2D eigenvalue weighted by Gasteiger charge is 2.20. The molecule has 0 spiro atoms. The summed E-state index contributed by atoms with van der Waals surface area (Å²) in [6.07, 6.45) is 3.23. The molecule has 1 aliphatic rings. The predicted molar refractivity (Wildman–Crippen MR) is 64.2 cm³/mol. The average Bonchev–Trinajstić information content (AvgIpc) is 2.16. The van der Waals surface area contributed by atoms with Crippen LogP contribution in [0.1, 0.15) is 22.3 Å². The maximum atomic E-state index is 11.8. The van der Waals surface area contributed by atoms with Gasteiger partial charge in [0.2, 0.25) is 0 Å². The summed E-state index contributed by atoms with van der Waals surface area (Å²) >= 11 is 1.80. The van der Waals surface area contributed by atoms with Gasteiger partial charge in [0.1, 0.15) is 0 Å². The molecule has 1 saturated heterocycles. The van der Waals surface area contributed by atoms with E-state index in [1.807, 2.05) is 29.2 Å². The van der Waals surface area contributed by atoms with E-state index in [1.165, 1.54) is 5.56 Å². The summed E-state index contributed by atoms with van der Waals surface area (Å²) < 4.78 is 0. The fourth-order valence-electron chi connectivity index (χ4n) is 1.61. The fraction of sp³-hybridized carbons (Fsp3) is 0.417. The fourth-order valence-corrected chi connectivity index (χ4v) is 2.14. The Labute approximate surface area is 94.7 Å². The summed E-state index contributed by atoms with van der Waals surface area (Å²) in [6, 6.07) is 7.96. The van der Waals surface area contributed by atoms with Gasteiger partial charge in [0, 0.05) is 24.4 Å². The molecule has 0 bridgehead atoms. The smallest absolute Gasteiger partial charge is 0.253 e. The van der Waals surface area contributed by atoms with Crippen molar-refractivity contribution >= 4 is 17.7 Å². The van der Waals surface area contributed by atoms with Crippen molar-refractivity contribution in [3.05, 3.63) is 35.4 Å². The van der Waals surface area contributed by atoms with Crippen molar-refractivity contribution in [2.45, 2.75) is 12.2 Å². The average molecular weight is 221 g/mol. The number of benzene rings is 1. The number of amides is 1. The highest BCUT2D eigenvalue weighted by atomic mass is 32.2. The van der Waals surface area contributed by atoms with E-state index in [1.54, 1.807) is 11.8 Å². The number of hydrogen-bond acceptors (Lipinski definition) is 2. The number of hydrogen-bond donors (Lipinski definition) is 0. The van der Waals surface area contributed by atoms with Crippen LogP contribution in [-0.4, -0.2) is 30.2 Å². The van der Waals surface area contributed by atoms with Crippen molar-refractivity contribution in [1.29, 1.82) is 0 Å². The van der Waals surface area contributed by atoms with Crippen LogP contribution in [-0.2, 0) is 5.75 Å². The minimum absolute atomic E-state index is 0.178. The summed E-state index contributed by atoms with van der Waals surface area (Å²) in [4.78, 5) is 13.7. The van der Waals surface area contributed by atoms with Gasteiger partial charge >= 0.3 is 0 Å². The van der Waals surface area contributed by atoms with Gasteiger partial charge in [-0.2, -0.15) is 11.8 Å². The molecule has 0 saturated carbocycles. The molecule has 0 unspecified atom stereocenters. The molecule has 1 aromatic rings. The summed E-state index contributed by atoms with van der Waals surface area (Å²) in [7, 11) is 0. The molecule has 0 N–H and O–H groups in total. The molecule has 2 rings (SSSR count). The van der Waals surface area contributed by atoms with Gasteiger partial charge in [0.15, 0.2) is 0 Å². The van der Waals surface area contributed by atoms with Gasteiger partial charge in [-0.1, -0.05) is 12.1 Å². The lowest BCUT2D eigenvalue weighted by atomic mass is 10.1. The molecule has 1 aromatic carbocycles. The van der Waals surface area contributed by atoms with Gasteiger partial charge in [-0.05, 0) is 30.4 Å². The first-order chi connectivity index (χ1) is 7.31. The molecular formula is C12H15NOS. The second-order valence-corrected chi connectivity index (χ2v) is 4.64. The zero-order chi connectivity index (χ0) is 10.7. The van der Waals surface area contributed by atoms with Gasteiger partial charge in [-0.15, -0.1) is 0 Å². The number of carbonyl (C=O) groups is 1. The van der Waals surface area contributed by atoms with Crippen LogP contribution in [0.2, 0.25) is 0 Å². The standard InChI is InChI=1S/C12H15NOS/c1-15-9-10-3-5-11(6-4-10)12(14)13-7-2-8-13/h3-6H,2,7-9H2,1H3. The monoisotopic (exact) mass is 221 g/mol. The minimum atomic E-state index is 0.178. The molecule has 15 heavy (non-hydrogen) atoms. The molecular weight excluding hydrogens is 206 g/mol. The number of thioether (sulfide) groups is 1. The molecule has 1 aliphatic heterocycles. The van der Waals surface area contributed by atoms with Crippen molar-refractivity contribution in [2.24, 2.45) is 0 Å². The first-order valence-corrected chi connectivity index (χ1v) is 6.58. The molecule has 0 aromatic heterocycles. The predicted octanol–water partition coefficient (Wildman–Crippen LogP) is 2.40. The third kappa shape index (κ3) is 2.34. The molecule has 3 heteroatoms. The largest absolute Gasteiger partial charge is 0.339 e.